The third kappa shape index (κ3) is 6.79. The lowest BCUT2D eigenvalue weighted by Gasteiger charge is -2.23. The zero-order chi connectivity index (χ0) is 19.4. The molecule has 142 valence electrons. The number of nitrogens with one attached hydrogen (secondary N) is 1. The van der Waals surface area contributed by atoms with E-state index in [1.165, 1.54) is 13.2 Å². The Kier molecular flexibility index (Phi) is 6.67. The summed E-state index contributed by atoms with van der Waals surface area (Å²) in [5.41, 5.74) is -1.96. The van der Waals surface area contributed by atoms with E-state index in [0.717, 1.165) is 6.07 Å². The molecule has 1 rings (SSSR count). The van der Waals surface area contributed by atoms with Crippen molar-refractivity contribution in [3.63, 3.8) is 0 Å². The molecule has 0 saturated carbocycles. The van der Waals surface area contributed by atoms with Crippen LogP contribution in [-0.4, -0.2) is 41.7 Å². The summed E-state index contributed by atoms with van der Waals surface area (Å²) in [4.78, 5) is 11.5. The van der Waals surface area contributed by atoms with E-state index < -0.39 is 42.2 Å². The molecule has 0 aromatic heterocycles. The number of halogens is 3. The maximum Gasteiger partial charge on any atom is 0.416 e. The van der Waals surface area contributed by atoms with Crippen molar-refractivity contribution in [3.8, 4) is 5.75 Å². The monoisotopic (exact) mass is 365 g/mol. The second-order valence-electron chi connectivity index (χ2n) is 6.39. The minimum Gasteiger partial charge on any atom is -0.497 e. The molecule has 0 spiro atoms. The van der Waals surface area contributed by atoms with Crippen LogP contribution in [0.2, 0.25) is 0 Å². The molecule has 0 bridgehead atoms. The van der Waals surface area contributed by atoms with Gasteiger partial charge in [-0.25, -0.2) is 4.79 Å². The number of aliphatic hydroxyl groups excluding tert-OH is 2. The molecule has 3 N–H and O–H groups in total. The van der Waals surface area contributed by atoms with Gasteiger partial charge in [-0.3, -0.25) is 0 Å². The number of hydrogen-bond donors (Lipinski definition) is 3. The van der Waals surface area contributed by atoms with E-state index in [0.29, 0.717) is 6.07 Å². The van der Waals surface area contributed by atoms with E-state index in [1.54, 1.807) is 20.8 Å². The zero-order valence-electron chi connectivity index (χ0n) is 14.3. The van der Waals surface area contributed by atoms with Crippen LogP contribution in [0.5, 0.6) is 5.75 Å². The third-order valence-corrected chi connectivity index (χ3v) is 3.05. The highest BCUT2D eigenvalue weighted by molar-refractivity contribution is 5.67. The lowest BCUT2D eigenvalue weighted by molar-refractivity contribution is -0.137. The van der Waals surface area contributed by atoms with Crippen LogP contribution in [0, 0.1) is 0 Å². The number of ether oxygens (including phenoxy) is 2. The van der Waals surface area contributed by atoms with Gasteiger partial charge in [0.15, 0.2) is 0 Å². The minimum absolute atomic E-state index is 0.115. The quantitative estimate of drug-likeness (QED) is 0.747. The Morgan fingerprint density at radius 2 is 1.80 bits per heavy atom. The Labute approximate surface area is 143 Å². The van der Waals surface area contributed by atoms with Crippen molar-refractivity contribution < 1.29 is 37.7 Å². The SMILES string of the molecule is COc1cc(C(O)C(O)CNC(=O)OC(C)(C)C)cc(C(F)(F)F)c1. The van der Waals surface area contributed by atoms with Gasteiger partial charge in [0.2, 0.25) is 0 Å². The van der Waals surface area contributed by atoms with Gasteiger partial charge in [-0.15, -0.1) is 0 Å². The highest BCUT2D eigenvalue weighted by atomic mass is 19.4. The third-order valence-electron chi connectivity index (χ3n) is 3.05. The van der Waals surface area contributed by atoms with E-state index in [4.69, 9.17) is 9.47 Å². The van der Waals surface area contributed by atoms with Crippen molar-refractivity contribution in [1.29, 1.82) is 0 Å². The summed E-state index contributed by atoms with van der Waals surface area (Å²) in [5, 5.41) is 22.3. The normalized spacial score (nSPS) is 14.6. The number of carbonyl (C=O) groups is 1. The van der Waals surface area contributed by atoms with Gasteiger partial charge in [0.25, 0.3) is 0 Å². The number of amides is 1. The molecule has 0 fully saturated rings. The molecule has 0 radical (unpaired) electrons. The van der Waals surface area contributed by atoms with Gasteiger partial charge >= 0.3 is 12.3 Å². The van der Waals surface area contributed by atoms with Crippen LogP contribution in [0.15, 0.2) is 18.2 Å². The average molecular weight is 365 g/mol. The second-order valence-corrected chi connectivity index (χ2v) is 6.39. The second kappa shape index (κ2) is 7.92. The number of alkyl halides is 3. The fourth-order valence-electron chi connectivity index (χ4n) is 1.91. The summed E-state index contributed by atoms with van der Waals surface area (Å²) in [5.74, 6) is -0.115. The van der Waals surface area contributed by atoms with Crippen LogP contribution in [0.1, 0.15) is 38.0 Å². The average Bonchev–Trinajstić information content (AvgIpc) is 2.48. The highest BCUT2D eigenvalue weighted by Gasteiger charge is 2.33. The molecule has 0 aliphatic rings. The van der Waals surface area contributed by atoms with Crippen molar-refractivity contribution in [1.82, 2.24) is 5.32 Å². The van der Waals surface area contributed by atoms with Crippen molar-refractivity contribution in [3.05, 3.63) is 29.3 Å². The Morgan fingerprint density at radius 1 is 1.20 bits per heavy atom. The van der Waals surface area contributed by atoms with Gasteiger partial charge in [-0.1, -0.05) is 0 Å². The topological polar surface area (TPSA) is 88.0 Å². The van der Waals surface area contributed by atoms with Crippen LogP contribution in [0.25, 0.3) is 0 Å². The van der Waals surface area contributed by atoms with Gasteiger partial charge in [0.1, 0.15) is 23.6 Å². The predicted octanol–water partition coefficient (Wildman–Crippen LogP) is 2.63. The molecule has 1 aromatic carbocycles. The molecule has 1 amide bonds. The van der Waals surface area contributed by atoms with Crippen molar-refractivity contribution in [2.75, 3.05) is 13.7 Å². The van der Waals surface area contributed by atoms with Crippen LogP contribution in [0.4, 0.5) is 18.0 Å². The van der Waals surface area contributed by atoms with Gasteiger partial charge in [0, 0.05) is 6.54 Å². The molecule has 0 saturated heterocycles. The maximum atomic E-state index is 12.9. The van der Waals surface area contributed by atoms with Crippen molar-refractivity contribution in [2.24, 2.45) is 0 Å². The molecule has 9 heteroatoms. The van der Waals surface area contributed by atoms with Gasteiger partial charge in [-0.05, 0) is 44.5 Å². The Hall–Kier alpha value is -2.00. The summed E-state index contributed by atoms with van der Waals surface area (Å²) >= 11 is 0. The smallest absolute Gasteiger partial charge is 0.416 e. The number of rotatable bonds is 5. The summed E-state index contributed by atoms with van der Waals surface area (Å²) in [7, 11) is 1.19. The summed E-state index contributed by atoms with van der Waals surface area (Å²) in [6.45, 7) is 4.53. The van der Waals surface area contributed by atoms with E-state index in [1.807, 2.05) is 0 Å². The molecule has 1 aromatic rings. The number of aliphatic hydroxyl groups is 2. The van der Waals surface area contributed by atoms with Crippen LogP contribution < -0.4 is 10.1 Å². The fraction of sp³-hybridized carbons (Fsp3) is 0.562. The Bertz CT molecular complexity index is 598. The lowest BCUT2D eigenvalue weighted by Crippen LogP contribution is -2.38. The lowest BCUT2D eigenvalue weighted by atomic mass is 10.0. The first-order valence-electron chi connectivity index (χ1n) is 7.42. The maximum absolute atomic E-state index is 12.9. The number of hydrogen-bond acceptors (Lipinski definition) is 5. The number of benzene rings is 1. The minimum atomic E-state index is -4.64. The molecule has 2 unspecified atom stereocenters. The first-order valence-corrected chi connectivity index (χ1v) is 7.42. The molecular formula is C16H22F3NO5. The molecule has 0 aliphatic carbocycles. The van der Waals surface area contributed by atoms with E-state index in [9.17, 15) is 28.2 Å². The highest BCUT2D eigenvalue weighted by Crippen LogP contribution is 2.34. The summed E-state index contributed by atoms with van der Waals surface area (Å²) < 4.78 is 48.4. The van der Waals surface area contributed by atoms with Crippen LogP contribution in [-0.2, 0) is 10.9 Å². The summed E-state index contributed by atoms with van der Waals surface area (Å²) in [6, 6.07) is 2.67. The molecule has 0 heterocycles. The molecule has 6 nitrogen and oxygen atoms in total. The van der Waals surface area contributed by atoms with Crippen molar-refractivity contribution >= 4 is 6.09 Å². The van der Waals surface area contributed by atoms with Crippen LogP contribution in [0.3, 0.4) is 0 Å². The van der Waals surface area contributed by atoms with E-state index in [-0.39, 0.29) is 11.3 Å². The fourth-order valence-corrected chi connectivity index (χ4v) is 1.91. The first-order chi connectivity index (χ1) is 11.3. The van der Waals surface area contributed by atoms with Gasteiger partial charge in [-0.2, -0.15) is 13.2 Å². The van der Waals surface area contributed by atoms with Gasteiger partial charge < -0.3 is 25.0 Å². The molecule has 2 atom stereocenters. The van der Waals surface area contributed by atoms with Gasteiger partial charge in [0.05, 0.1) is 12.7 Å². The Morgan fingerprint density at radius 3 is 2.28 bits per heavy atom. The predicted molar refractivity (Wildman–Crippen MR) is 83.2 cm³/mol. The van der Waals surface area contributed by atoms with Crippen molar-refractivity contribution in [2.45, 2.75) is 44.8 Å². The standard InChI is InChI=1S/C16H22F3NO5/c1-15(2,3)25-14(23)20-8-12(21)13(22)9-5-10(16(17,18)19)7-11(6-9)24-4/h5-7,12-13,21-22H,8H2,1-4H3,(H,20,23). The van der Waals surface area contributed by atoms with E-state index >= 15 is 0 Å². The molecule has 0 aliphatic heterocycles. The Balaban J connectivity index is 2.84. The van der Waals surface area contributed by atoms with Crippen LogP contribution >= 0.6 is 0 Å². The number of alkyl carbamates (subject to hydrolysis) is 1. The molecular weight excluding hydrogens is 343 g/mol. The number of methoxy groups -OCH3 is 1. The number of carbonyl (C=O) groups excluding carboxylic acids is 1. The molecule has 25 heavy (non-hydrogen) atoms. The van der Waals surface area contributed by atoms with E-state index in [2.05, 4.69) is 5.32 Å². The first kappa shape index (κ1) is 21.0. The zero-order valence-corrected chi connectivity index (χ0v) is 14.3. The largest absolute Gasteiger partial charge is 0.497 e. The summed E-state index contributed by atoms with van der Waals surface area (Å²) in [6.07, 6.45) is -8.66.